The molecule has 0 saturated heterocycles. The molecule has 0 aliphatic heterocycles. The molecule has 0 spiro atoms. The Morgan fingerprint density at radius 3 is 1.33 bits per heavy atom. The highest BCUT2D eigenvalue weighted by molar-refractivity contribution is 7.91. The number of carbonyl (C=O) groups is 2. The first kappa shape index (κ1) is 37.2. The van der Waals surface area contributed by atoms with E-state index in [4.69, 9.17) is 25.7 Å². The Hall–Kier alpha value is -5.21. The lowest BCUT2D eigenvalue weighted by Gasteiger charge is -2.14. The molecular formula is C34H37N3O9S2. The second-order valence-electron chi connectivity index (χ2n) is 10.7. The fourth-order valence-corrected chi connectivity index (χ4v) is 6.42. The average molecular weight is 696 g/mol. The number of aliphatic imine (C=N–C) groups is 1. The number of carbonyl (C=O) groups excluding carboxylic acids is 2. The van der Waals surface area contributed by atoms with Crippen molar-refractivity contribution in [3.05, 3.63) is 95.1 Å². The van der Waals surface area contributed by atoms with Gasteiger partial charge in [0.25, 0.3) is 5.91 Å². The molecule has 0 aromatic heterocycles. The van der Waals surface area contributed by atoms with Crippen LogP contribution in [0.25, 0.3) is 22.3 Å². The van der Waals surface area contributed by atoms with Gasteiger partial charge in [-0.05, 0) is 49.2 Å². The van der Waals surface area contributed by atoms with Crippen molar-refractivity contribution in [3.8, 4) is 33.8 Å². The van der Waals surface area contributed by atoms with Gasteiger partial charge in [-0.2, -0.15) is 4.99 Å². The number of nitrogens with zero attached hydrogens (tertiary/aromatic N) is 1. The molecule has 0 aliphatic rings. The number of hydrogen-bond acceptors (Lipinski definition) is 9. The summed E-state index contributed by atoms with van der Waals surface area (Å²) < 4.78 is 64.0. The van der Waals surface area contributed by atoms with Crippen molar-refractivity contribution in [1.82, 2.24) is 0 Å². The molecule has 4 rings (SSSR count). The van der Waals surface area contributed by atoms with Crippen LogP contribution in [0.2, 0.25) is 0 Å². The second-order valence-corrected chi connectivity index (χ2v) is 14.7. The zero-order chi connectivity index (χ0) is 36.0. The summed E-state index contributed by atoms with van der Waals surface area (Å²) >= 11 is 0. The highest BCUT2D eigenvalue weighted by Gasteiger charge is 2.24. The van der Waals surface area contributed by atoms with Gasteiger partial charge in [-0.1, -0.05) is 59.7 Å². The van der Waals surface area contributed by atoms with E-state index in [9.17, 15) is 26.4 Å². The van der Waals surface area contributed by atoms with Crippen LogP contribution < -0.4 is 20.9 Å². The Morgan fingerprint density at radius 2 is 1.00 bits per heavy atom. The minimum Gasteiger partial charge on any atom is -0.496 e. The van der Waals surface area contributed by atoms with Crippen molar-refractivity contribution in [2.24, 2.45) is 16.5 Å². The maximum Gasteiger partial charge on any atom is 0.341 e. The SMILES string of the molecule is COC(=O)c1cc(S(C)(=O)=O)c(-c2ccc(C)cc2)cc1OC.COc1cc(-c2ccc(C)cc2)c(S(C)(=O)=O)cc1C(=O)N=C(N)N. The molecule has 254 valence electrons. The molecule has 0 heterocycles. The quantitative estimate of drug-likeness (QED) is 0.151. The molecule has 4 aromatic carbocycles. The summed E-state index contributed by atoms with van der Waals surface area (Å²) in [5.74, 6) is -1.41. The van der Waals surface area contributed by atoms with Crippen LogP contribution in [0.3, 0.4) is 0 Å². The summed E-state index contributed by atoms with van der Waals surface area (Å²) in [6, 6.07) is 20.4. The van der Waals surface area contributed by atoms with E-state index in [2.05, 4.69) is 4.99 Å². The number of hydrogen-bond donors (Lipinski definition) is 2. The van der Waals surface area contributed by atoms with Crippen molar-refractivity contribution in [2.75, 3.05) is 33.8 Å². The van der Waals surface area contributed by atoms with E-state index in [0.29, 0.717) is 16.7 Å². The van der Waals surface area contributed by atoms with Crippen LogP contribution >= 0.6 is 0 Å². The molecule has 0 aliphatic carbocycles. The summed E-state index contributed by atoms with van der Waals surface area (Å²) in [7, 11) is -3.14. The van der Waals surface area contributed by atoms with Crippen LogP contribution in [0.15, 0.2) is 87.6 Å². The molecule has 48 heavy (non-hydrogen) atoms. The van der Waals surface area contributed by atoms with Crippen LogP contribution in [0.4, 0.5) is 0 Å². The van der Waals surface area contributed by atoms with Gasteiger partial charge in [0.2, 0.25) is 0 Å². The van der Waals surface area contributed by atoms with Crippen molar-refractivity contribution >= 4 is 37.5 Å². The third-order valence-electron chi connectivity index (χ3n) is 6.99. The number of esters is 1. The minimum atomic E-state index is -3.62. The van der Waals surface area contributed by atoms with E-state index in [1.807, 2.05) is 50.2 Å². The standard InChI is InChI=1S/C17H19N3O4S.C17H18O5S/c1-10-4-6-11(7-5-10)12-8-14(24-2)13(16(21)20-17(18)19)9-15(12)25(3,22)23;1-11-5-7-12(8-6-11)13-9-15(21-2)14(17(18)22-3)10-16(13)23(4,19)20/h4-9H,1-3H3,(H4,18,19,20,21);5-10H,1-4H3. The van der Waals surface area contributed by atoms with E-state index < -0.39 is 37.5 Å². The van der Waals surface area contributed by atoms with Crippen molar-refractivity contribution < 1.29 is 40.6 Å². The Bertz CT molecular complexity index is 2090. The summed E-state index contributed by atoms with van der Waals surface area (Å²) in [6.07, 6.45) is 2.18. The lowest BCUT2D eigenvalue weighted by Crippen LogP contribution is -2.24. The molecule has 0 radical (unpaired) electrons. The molecule has 0 bridgehead atoms. The summed E-state index contributed by atoms with van der Waals surface area (Å²) in [6.45, 7) is 3.88. The third-order valence-corrected chi connectivity index (χ3v) is 9.27. The average Bonchev–Trinajstić information content (AvgIpc) is 3.03. The molecule has 1 amide bonds. The van der Waals surface area contributed by atoms with Gasteiger partial charge in [0, 0.05) is 23.6 Å². The van der Waals surface area contributed by atoms with Crippen LogP contribution in [0, 0.1) is 13.8 Å². The summed E-state index contributed by atoms with van der Waals surface area (Å²) in [4.78, 5) is 27.6. The van der Waals surface area contributed by atoms with Crippen molar-refractivity contribution in [2.45, 2.75) is 23.6 Å². The van der Waals surface area contributed by atoms with Gasteiger partial charge in [0.1, 0.15) is 17.1 Å². The smallest absolute Gasteiger partial charge is 0.341 e. The number of ether oxygens (including phenoxy) is 3. The Morgan fingerprint density at radius 1 is 0.625 bits per heavy atom. The zero-order valence-electron chi connectivity index (χ0n) is 27.5. The number of aryl methyl sites for hydroxylation is 2. The van der Waals surface area contributed by atoms with Gasteiger partial charge in [0.15, 0.2) is 25.6 Å². The summed E-state index contributed by atoms with van der Waals surface area (Å²) in [5.41, 5.74) is 14.9. The maximum absolute atomic E-state index is 12.3. The van der Waals surface area contributed by atoms with Crippen LogP contribution in [-0.4, -0.2) is 68.5 Å². The number of benzene rings is 4. The largest absolute Gasteiger partial charge is 0.496 e. The normalized spacial score (nSPS) is 11.1. The van der Waals surface area contributed by atoms with Gasteiger partial charge in [-0.3, -0.25) is 4.79 Å². The zero-order valence-corrected chi connectivity index (χ0v) is 29.2. The highest BCUT2D eigenvalue weighted by atomic mass is 32.2. The van der Waals surface area contributed by atoms with Crippen LogP contribution in [0.1, 0.15) is 31.8 Å². The summed E-state index contributed by atoms with van der Waals surface area (Å²) in [5, 5.41) is 0. The molecule has 0 unspecified atom stereocenters. The molecule has 4 aromatic rings. The molecule has 0 fully saturated rings. The first-order valence-electron chi connectivity index (χ1n) is 14.1. The Labute approximate surface area is 280 Å². The fourth-order valence-electron chi connectivity index (χ4n) is 4.60. The van der Waals surface area contributed by atoms with E-state index in [1.165, 1.54) is 39.5 Å². The first-order valence-corrected chi connectivity index (χ1v) is 17.9. The molecule has 4 N–H and O–H groups in total. The van der Waals surface area contributed by atoms with E-state index in [1.54, 1.807) is 18.2 Å². The number of guanidine groups is 1. The fraction of sp³-hybridized carbons (Fsp3) is 0.206. The van der Waals surface area contributed by atoms with Gasteiger partial charge >= 0.3 is 5.97 Å². The second kappa shape index (κ2) is 15.1. The predicted molar refractivity (Wildman–Crippen MR) is 184 cm³/mol. The number of sulfone groups is 2. The number of amides is 1. The van der Waals surface area contributed by atoms with E-state index in [-0.39, 0.29) is 32.4 Å². The number of nitrogens with two attached hydrogens (primary N) is 2. The first-order chi connectivity index (χ1) is 22.4. The van der Waals surface area contributed by atoms with Gasteiger partial charge in [-0.25, -0.2) is 21.6 Å². The van der Waals surface area contributed by atoms with Gasteiger partial charge in [0.05, 0.1) is 36.7 Å². The molecule has 14 heteroatoms. The molecule has 0 saturated carbocycles. The number of methoxy groups -OCH3 is 3. The monoisotopic (exact) mass is 695 g/mol. The van der Waals surface area contributed by atoms with E-state index in [0.717, 1.165) is 29.2 Å². The predicted octanol–water partition coefficient (Wildman–Crippen LogP) is 4.35. The van der Waals surface area contributed by atoms with Crippen LogP contribution in [0.5, 0.6) is 11.5 Å². The highest BCUT2D eigenvalue weighted by Crippen LogP contribution is 2.36. The van der Waals surface area contributed by atoms with Gasteiger partial charge in [-0.15, -0.1) is 0 Å². The molecule has 12 nitrogen and oxygen atoms in total. The molecule has 0 atom stereocenters. The minimum absolute atomic E-state index is 0.00806. The Kier molecular flexibility index (Phi) is 11.7. The lowest BCUT2D eigenvalue weighted by atomic mass is 10.0. The van der Waals surface area contributed by atoms with E-state index >= 15 is 0 Å². The van der Waals surface area contributed by atoms with Crippen molar-refractivity contribution in [1.29, 1.82) is 0 Å². The Balaban J connectivity index is 0.000000261. The lowest BCUT2D eigenvalue weighted by molar-refractivity contribution is 0.0596. The number of rotatable bonds is 8. The van der Waals surface area contributed by atoms with Crippen LogP contribution in [-0.2, 0) is 24.4 Å². The molecular weight excluding hydrogens is 659 g/mol. The van der Waals surface area contributed by atoms with Crippen molar-refractivity contribution in [3.63, 3.8) is 0 Å². The van der Waals surface area contributed by atoms with Gasteiger partial charge < -0.3 is 25.7 Å². The maximum atomic E-state index is 12.3. The third kappa shape index (κ3) is 8.98. The topological polar surface area (TPSA) is 195 Å².